The van der Waals surface area contributed by atoms with Crippen molar-refractivity contribution in [2.24, 2.45) is 0 Å². The van der Waals surface area contributed by atoms with Gasteiger partial charge in [-0.05, 0) is 54.6 Å². The molecular formula is C17H17NO4S2. The predicted molar refractivity (Wildman–Crippen MR) is 94.2 cm³/mol. The Kier molecular flexibility index (Phi) is 4.56. The molecule has 0 atom stereocenters. The number of hydrogen-bond donors (Lipinski definition) is 0. The molecule has 2 aromatic carbocycles. The minimum Gasteiger partial charge on any atom is -0.465 e. The van der Waals surface area contributed by atoms with E-state index in [1.807, 2.05) is 6.26 Å². The summed E-state index contributed by atoms with van der Waals surface area (Å²) >= 11 is 1.56. The molecule has 126 valence electrons. The summed E-state index contributed by atoms with van der Waals surface area (Å²) < 4.78 is 32.0. The van der Waals surface area contributed by atoms with E-state index in [9.17, 15) is 13.2 Å². The van der Waals surface area contributed by atoms with Crippen LogP contribution in [0.25, 0.3) is 0 Å². The SMILES string of the molecule is COC(=O)c1ccc2c(c1)N(S(=O)(=O)c1ccc(SC)cc1)CC2. The van der Waals surface area contributed by atoms with Crippen LogP contribution in [0.3, 0.4) is 0 Å². The van der Waals surface area contributed by atoms with Crippen molar-refractivity contribution in [2.75, 3.05) is 24.2 Å². The molecule has 2 aromatic rings. The molecule has 1 aliphatic rings. The molecule has 1 heterocycles. The molecule has 0 radical (unpaired) electrons. The van der Waals surface area contributed by atoms with Gasteiger partial charge in [0, 0.05) is 11.4 Å². The summed E-state index contributed by atoms with van der Waals surface area (Å²) in [6.07, 6.45) is 2.56. The van der Waals surface area contributed by atoms with Crippen LogP contribution >= 0.6 is 11.8 Å². The molecule has 0 aromatic heterocycles. The first kappa shape index (κ1) is 16.9. The number of sulfonamides is 1. The zero-order valence-corrected chi connectivity index (χ0v) is 15.0. The monoisotopic (exact) mass is 363 g/mol. The highest BCUT2D eigenvalue weighted by molar-refractivity contribution is 7.98. The Morgan fingerprint density at radius 3 is 2.50 bits per heavy atom. The fourth-order valence-electron chi connectivity index (χ4n) is 2.72. The van der Waals surface area contributed by atoms with Crippen LogP contribution in [0.1, 0.15) is 15.9 Å². The van der Waals surface area contributed by atoms with Crippen molar-refractivity contribution in [2.45, 2.75) is 16.2 Å². The lowest BCUT2D eigenvalue weighted by molar-refractivity contribution is 0.0601. The maximum Gasteiger partial charge on any atom is 0.337 e. The lowest BCUT2D eigenvalue weighted by Crippen LogP contribution is -2.29. The summed E-state index contributed by atoms with van der Waals surface area (Å²) in [5.74, 6) is -0.480. The summed E-state index contributed by atoms with van der Waals surface area (Å²) in [7, 11) is -2.35. The average Bonchev–Trinajstić information content (AvgIpc) is 3.05. The summed E-state index contributed by atoms with van der Waals surface area (Å²) in [4.78, 5) is 13.0. The van der Waals surface area contributed by atoms with Gasteiger partial charge in [-0.15, -0.1) is 11.8 Å². The van der Waals surface area contributed by atoms with Crippen LogP contribution in [0.5, 0.6) is 0 Å². The number of methoxy groups -OCH3 is 1. The molecule has 5 nitrogen and oxygen atoms in total. The van der Waals surface area contributed by atoms with Crippen molar-refractivity contribution < 1.29 is 17.9 Å². The van der Waals surface area contributed by atoms with Crippen molar-refractivity contribution in [3.8, 4) is 0 Å². The van der Waals surface area contributed by atoms with Gasteiger partial charge in [-0.3, -0.25) is 4.31 Å². The van der Waals surface area contributed by atoms with Gasteiger partial charge in [0.25, 0.3) is 10.0 Å². The van der Waals surface area contributed by atoms with Crippen LogP contribution in [-0.4, -0.2) is 34.3 Å². The third-order valence-corrected chi connectivity index (χ3v) is 6.58. The molecule has 1 aliphatic heterocycles. The van der Waals surface area contributed by atoms with E-state index in [2.05, 4.69) is 0 Å². The zero-order valence-electron chi connectivity index (χ0n) is 13.4. The number of anilines is 1. The molecule has 0 fully saturated rings. The largest absolute Gasteiger partial charge is 0.465 e. The van der Waals surface area contributed by atoms with Gasteiger partial charge in [0.05, 0.1) is 23.3 Å². The quantitative estimate of drug-likeness (QED) is 0.617. The number of fused-ring (bicyclic) bond motifs is 1. The van der Waals surface area contributed by atoms with Gasteiger partial charge in [-0.1, -0.05) is 6.07 Å². The van der Waals surface area contributed by atoms with Crippen molar-refractivity contribution in [1.82, 2.24) is 0 Å². The molecule has 3 rings (SSSR count). The number of esters is 1. The van der Waals surface area contributed by atoms with Gasteiger partial charge in [0.15, 0.2) is 0 Å². The Bertz CT molecular complexity index is 876. The standard InChI is InChI=1S/C17H17NO4S2/c1-22-17(19)13-4-3-12-9-10-18(16(12)11-13)24(20,21)15-7-5-14(23-2)6-8-15/h3-8,11H,9-10H2,1-2H3. The highest BCUT2D eigenvalue weighted by Gasteiger charge is 2.31. The van der Waals surface area contributed by atoms with Gasteiger partial charge in [0.1, 0.15) is 0 Å². The predicted octanol–water partition coefficient (Wildman–Crippen LogP) is 2.95. The second-order valence-corrected chi connectivity index (χ2v) is 8.08. The Morgan fingerprint density at radius 1 is 1.17 bits per heavy atom. The number of ether oxygens (including phenoxy) is 1. The molecular weight excluding hydrogens is 346 g/mol. The normalized spacial score (nSPS) is 13.7. The summed E-state index contributed by atoms with van der Waals surface area (Å²) in [6, 6.07) is 11.8. The van der Waals surface area contributed by atoms with Crippen molar-refractivity contribution in [3.63, 3.8) is 0 Å². The second-order valence-electron chi connectivity index (χ2n) is 5.34. The van der Waals surface area contributed by atoms with Crippen LogP contribution in [-0.2, 0) is 21.2 Å². The maximum atomic E-state index is 13.0. The Hall–Kier alpha value is -1.99. The molecule has 24 heavy (non-hydrogen) atoms. The fraction of sp³-hybridized carbons (Fsp3) is 0.235. The molecule has 0 unspecified atom stereocenters. The lowest BCUT2D eigenvalue weighted by atomic mass is 10.1. The maximum absolute atomic E-state index is 13.0. The number of carbonyl (C=O) groups excluding carboxylic acids is 1. The van der Waals surface area contributed by atoms with E-state index in [0.717, 1.165) is 10.5 Å². The Labute approximate surface area is 145 Å². The van der Waals surface area contributed by atoms with Crippen LogP contribution in [0, 0.1) is 0 Å². The molecule has 0 N–H and O–H groups in total. The minimum atomic E-state index is -3.65. The number of hydrogen-bond acceptors (Lipinski definition) is 5. The van der Waals surface area contributed by atoms with Crippen LogP contribution < -0.4 is 4.31 Å². The van der Waals surface area contributed by atoms with E-state index in [1.54, 1.807) is 54.2 Å². The smallest absolute Gasteiger partial charge is 0.337 e. The first-order chi connectivity index (χ1) is 11.5. The summed E-state index contributed by atoms with van der Waals surface area (Å²) in [5.41, 5.74) is 1.80. The number of thioether (sulfide) groups is 1. The van der Waals surface area contributed by atoms with Gasteiger partial charge in [-0.25, -0.2) is 13.2 Å². The fourth-order valence-corrected chi connectivity index (χ4v) is 4.62. The van der Waals surface area contributed by atoms with Crippen molar-refractivity contribution in [3.05, 3.63) is 53.6 Å². The third kappa shape index (κ3) is 2.89. The molecule has 0 saturated heterocycles. The molecule has 0 saturated carbocycles. The molecule has 0 amide bonds. The van der Waals surface area contributed by atoms with Crippen molar-refractivity contribution in [1.29, 1.82) is 0 Å². The number of carbonyl (C=O) groups is 1. The minimum absolute atomic E-state index is 0.247. The van der Waals surface area contributed by atoms with Crippen LogP contribution in [0.2, 0.25) is 0 Å². The molecule has 0 aliphatic carbocycles. The third-order valence-electron chi connectivity index (χ3n) is 4.01. The van der Waals surface area contributed by atoms with E-state index < -0.39 is 16.0 Å². The highest BCUT2D eigenvalue weighted by Crippen LogP contribution is 2.34. The Morgan fingerprint density at radius 2 is 1.88 bits per heavy atom. The first-order valence-electron chi connectivity index (χ1n) is 7.35. The van der Waals surface area contributed by atoms with Crippen molar-refractivity contribution >= 4 is 33.4 Å². The van der Waals surface area contributed by atoms with E-state index in [-0.39, 0.29) is 4.90 Å². The topological polar surface area (TPSA) is 63.7 Å². The molecule has 0 bridgehead atoms. The van der Waals surface area contributed by atoms with Gasteiger partial charge in [0.2, 0.25) is 0 Å². The number of nitrogens with zero attached hydrogens (tertiary/aromatic N) is 1. The van der Waals surface area contributed by atoms with E-state index in [0.29, 0.717) is 24.2 Å². The van der Waals surface area contributed by atoms with Crippen LogP contribution in [0.15, 0.2) is 52.3 Å². The lowest BCUT2D eigenvalue weighted by Gasteiger charge is -2.20. The summed E-state index contributed by atoms with van der Waals surface area (Å²) in [6.45, 7) is 0.368. The van der Waals surface area contributed by atoms with E-state index in [1.165, 1.54) is 11.4 Å². The van der Waals surface area contributed by atoms with Gasteiger partial charge in [-0.2, -0.15) is 0 Å². The number of benzene rings is 2. The summed E-state index contributed by atoms with van der Waals surface area (Å²) in [5, 5.41) is 0. The highest BCUT2D eigenvalue weighted by atomic mass is 32.2. The Balaban J connectivity index is 2.01. The average molecular weight is 363 g/mol. The molecule has 7 heteroatoms. The first-order valence-corrected chi connectivity index (χ1v) is 10.0. The van der Waals surface area contributed by atoms with Crippen LogP contribution in [0.4, 0.5) is 5.69 Å². The zero-order chi connectivity index (χ0) is 17.3. The van der Waals surface area contributed by atoms with Gasteiger partial charge >= 0.3 is 5.97 Å². The number of rotatable bonds is 4. The van der Waals surface area contributed by atoms with Gasteiger partial charge < -0.3 is 4.74 Å². The van der Waals surface area contributed by atoms with E-state index in [4.69, 9.17) is 4.74 Å². The second kappa shape index (κ2) is 6.49. The molecule has 0 spiro atoms. The van der Waals surface area contributed by atoms with E-state index >= 15 is 0 Å².